The number of amides is 1. The molecule has 2 N–H and O–H groups in total. The van der Waals surface area contributed by atoms with Crippen molar-refractivity contribution in [3.05, 3.63) is 35.2 Å². The summed E-state index contributed by atoms with van der Waals surface area (Å²) in [5, 5.41) is 15.4. The predicted octanol–water partition coefficient (Wildman–Crippen LogP) is 2.97. The van der Waals surface area contributed by atoms with Gasteiger partial charge in [0.2, 0.25) is 5.91 Å². The van der Waals surface area contributed by atoms with Crippen molar-refractivity contribution in [3.63, 3.8) is 0 Å². The number of ether oxygens (including phenoxy) is 1. The van der Waals surface area contributed by atoms with Crippen molar-refractivity contribution < 1.29 is 19.4 Å². The first-order valence-electron chi connectivity index (χ1n) is 8.14. The molecule has 5 nitrogen and oxygen atoms in total. The van der Waals surface area contributed by atoms with E-state index >= 15 is 0 Å². The lowest BCUT2D eigenvalue weighted by molar-refractivity contribution is -0.139. The van der Waals surface area contributed by atoms with Crippen LogP contribution in [0.4, 0.5) is 0 Å². The van der Waals surface area contributed by atoms with Gasteiger partial charge in [-0.25, -0.2) is 0 Å². The lowest BCUT2D eigenvalue weighted by Gasteiger charge is -2.27. The molecule has 0 bridgehead atoms. The number of benzene rings is 1. The van der Waals surface area contributed by atoms with Crippen molar-refractivity contribution in [1.29, 1.82) is 0 Å². The van der Waals surface area contributed by atoms with E-state index < -0.39 is 11.5 Å². The van der Waals surface area contributed by atoms with E-state index in [-0.39, 0.29) is 18.9 Å². The zero-order valence-electron chi connectivity index (χ0n) is 13.4. The Hall–Kier alpha value is -1.92. The fraction of sp³-hybridized carbons (Fsp3) is 0.444. The number of hydrogen-bond donors (Lipinski definition) is 2. The minimum atomic E-state index is -0.912. The molecule has 0 saturated carbocycles. The summed E-state index contributed by atoms with van der Waals surface area (Å²) in [5.41, 5.74) is 0.533. The molecule has 0 spiro atoms. The molecule has 0 radical (unpaired) electrons. The minimum Gasteiger partial charge on any atom is -0.481 e. The van der Waals surface area contributed by atoms with Crippen molar-refractivity contribution in [2.24, 2.45) is 0 Å². The van der Waals surface area contributed by atoms with E-state index in [1.54, 1.807) is 11.3 Å². The van der Waals surface area contributed by atoms with E-state index in [1.165, 1.54) is 15.6 Å². The van der Waals surface area contributed by atoms with E-state index in [9.17, 15) is 9.59 Å². The summed E-state index contributed by atoms with van der Waals surface area (Å²) in [6.07, 6.45) is 2.45. The summed E-state index contributed by atoms with van der Waals surface area (Å²) in [7, 11) is 0. The van der Waals surface area contributed by atoms with Gasteiger partial charge in [0.15, 0.2) is 0 Å². The fourth-order valence-corrected chi connectivity index (χ4v) is 4.20. The van der Waals surface area contributed by atoms with Crippen LogP contribution in [-0.2, 0) is 20.7 Å². The molecular formula is C18H21NO4S. The second kappa shape index (κ2) is 7.32. The molecule has 3 rings (SSSR count). The van der Waals surface area contributed by atoms with Crippen LogP contribution in [0.25, 0.3) is 10.1 Å². The summed E-state index contributed by atoms with van der Waals surface area (Å²) in [6.45, 7) is 0.772. The van der Waals surface area contributed by atoms with Crippen molar-refractivity contribution in [1.82, 2.24) is 5.32 Å². The van der Waals surface area contributed by atoms with Gasteiger partial charge in [0.25, 0.3) is 0 Å². The lowest BCUT2D eigenvalue weighted by Crippen LogP contribution is -2.50. The highest BCUT2D eigenvalue weighted by atomic mass is 32.1. The third-order valence-electron chi connectivity index (χ3n) is 4.41. The van der Waals surface area contributed by atoms with Crippen LogP contribution in [0.3, 0.4) is 0 Å². The Morgan fingerprint density at radius 1 is 1.33 bits per heavy atom. The van der Waals surface area contributed by atoms with Crippen molar-refractivity contribution in [2.75, 3.05) is 13.2 Å². The van der Waals surface area contributed by atoms with Gasteiger partial charge in [-0.15, -0.1) is 11.3 Å². The van der Waals surface area contributed by atoms with E-state index in [4.69, 9.17) is 9.84 Å². The summed E-state index contributed by atoms with van der Waals surface area (Å²) >= 11 is 1.72. The number of carbonyl (C=O) groups excluding carboxylic acids is 1. The van der Waals surface area contributed by atoms with Gasteiger partial charge in [-0.05, 0) is 41.7 Å². The fourth-order valence-electron chi connectivity index (χ4n) is 3.20. The van der Waals surface area contributed by atoms with Gasteiger partial charge in [0.1, 0.15) is 0 Å². The first-order chi connectivity index (χ1) is 11.6. The van der Waals surface area contributed by atoms with Crippen LogP contribution in [-0.4, -0.2) is 35.7 Å². The highest BCUT2D eigenvalue weighted by Crippen LogP contribution is 2.27. The molecular weight excluding hydrogens is 326 g/mol. The van der Waals surface area contributed by atoms with Crippen LogP contribution in [0, 0.1) is 0 Å². The Morgan fingerprint density at radius 3 is 2.92 bits per heavy atom. The maximum atomic E-state index is 12.2. The zero-order chi connectivity index (χ0) is 17.0. The molecule has 2 aromatic rings. The maximum Gasteiger partial charge on any atom is 0.305 e. The van der Waals surface area contributed by atoms with Crippen LogP contribution >= 0.6 is 11.3 Å². The first-order valence-corrected chi connectivity index (χ1v) is 9.02. The van der Waals surface area contributed by atoms with Gasteiger partial charge in [0.05, 0.1) is 18.6 Å². The van der Waals surface area contributed by atoms with Gasteiger partial charge in [-0.3, -0.25) is 9.59 Å². The van der Waals surface area contributed by atoms with Gasteiger partial charge in [0, 0.05) is 17.7 Å². The van der Waals surface area contributed by atoms with Gasteiger partial charge < -0.3 is 15.2 Å². The van der Waals surface area contributed by atoms with Crippen molar-refractivity contribution >= 4 is 33.3 Å². The normalized spacial score (nSPS) is 20.3. The summed E-state index contributed by atoms with van der Waals surface area (Å²) in [5.74, 6) is -1.01. The largest absolute Gasteiger partial charge is 0.481 e. The molecule has 1 unspecified atom stereocenters. The third-order valence-corrected chi connectivity index (χ3v) is 5.42. The smallest absolute Gasteiger partial charge is 0.305 e. The molecule has 128 valence electrons. The van der Waals surface area contributed by atoms with Crippen LogP contribution in [0.5, 0.6) is 0 Å². The molecule has 1 aliphatic rings. The summed E-state index contributed by atoms with van der Waals surface area (Å²) < 4.78 is 6.56. The predicted molar refractivity (Wildman–Crippen MR) is 93.3 cm³/mol. The van der Waals surface area contributed by atoms with Crippen molar-refractivity contribution in [2.45, 2.75) is 37.6 Å². The van der Waals surface area contributed by atoms with E-state index in [0.29, 0.717) is 19.4 Å². The molecule has 1 saturated heterocycles. The highest BCUT2D eigenvalue weighted by Gasteiger charge is 2.38. The second-order valence-corrected chi connectivity index (χ2v) is 7.22. The van der Waals surface area contributed by atoms with Crippen LogP contribution in [0.2, 0.25) is 0 Å². The van der Waals surface area contributed by atoms with Crippen molar-refractivity contribution in [3.8, 4) is 0 Å². The lowest BCUT2D eigenvalue weighted by atomic mass is 9.94. The first kappa shape index (κ1) is 16.9. The van der Waals surface area contributed by atoms with E-state index in [2.05, 4.69) is 22.8 Å². The number of carboxylic acids is 1. The molecule has 1 aromatic heterocycles. The Balaban J connectivity index is 1.53. The molecule has 1 amide bonds. The van der Waals surface area contributed by atoms with E-state index in [1.807, 2.05) is 12.1 Å². The molecule has 6 heteroatoms. The van der Waals surface area contributed by atoms with Crippen LogP contribution in [0.1, 0.15) is 31.2 Å². The molecule has 1 fully saturated rings. The van der Waals surface area contributed by atoms with Gasteiger partial charge in [-0.2, -0.15) is 0 Å². The number of carboxylic acid groups (broad SMARTS) is 1. The number of rotatable bonds is 7. The number of nitrogens with one attached hydrogen (secondary N) is 1. The zero-order valence-corrected chi connectivity index (χ0v) is 14.2. The third kappa shape index (κ3) is 3.94. The molecule has 24 heavy (non-hydrogen) atoms. The second-order valence-electron chi connectivity index (χ2n) is 6.31. The average Bonchev–Trinajstić information content (AvgIpc) is 3.14. The van der Waals surface area contributed by atoms with E-state index in [0.717, 1.165) is 12.8 Å². The number of carbonyl (C=O) groups is 2. The number of aliphatic carboxylic acids is 1. The quantitative estimate of drug-likeness (QED) is 0.807. The molecule has 2 heterocycles. The Morgan fingerprint density at radius 2 is 2.17 bits per heavy atom. The number of hydrogen-bond acceptors (Lipinski definition) is 4. The Kier molecular flexibility index (Phi) is 5.16. The molecule has 0 aliphatic carbocycles. The minimum absolute atomic E-state index is 0.0894. The molecule has 1 aliphatic heterocycles. The topological polar surface area (TPSA) is 75.6 Å². The standard InChI is InChI=1S/C18H21NO4S/c20-16(19-18(10-17(21)22)8-9-23-12-18)7-3-4-13-11-24-15-6-2-1-5-14(13)15/h1-2,5-6,11H,3-4,7-10,12H2,(H,19,20)(H,21,22). The highest BCUT2D eigenvalue weighted by molar-refractivity contribution is 7.17. The average molecular weight is 347 g/mol. The number of thiophene rings is 1. The van der Waals surface area contributed by atoms with Gasteiger partial charge in [-0.1, -0.05) is 18.2 Å². The van der Waals surface area contributed by atoms with Crippen LogP contribution < -0.4 is 5.32 Å². The molecule has 1 atom stereocenters. The Labute approximate surface area is 144 Å². The monoisotopic (exact) mass is 347 g/mol. The summed E-state index contributed by atoms with van der Waals surface area (Å²) in [4.78, 5) is 23.3. The number of fused-ring (bicyclic) bond motifs is 1. The SMILES string of the molecule is O=C(O)CC1(NC(=O)CCCc2csc3ccccc23)CCOC1. The van der Waals surface area contributed by atoms with Gasteiger partial charge >= 0.3 is 5.97 Å². The maximum absolute atomic E-state index is 12.2. The van der Waals surface area contributed by atoms with Crippen LogP contribution in [0.15, 0.2) is 29.6 Å². The molecule has 1 aromatic carbocycles. The summed E-state index contributed by atoms with van der Waals surface area (Å²) in [6, 6.07) is 8.27. The Bertz CT molecular complexity index is 733. The number of aryl methyl sites for hydroxylation is 1.